The molecule has 2 aliphatic rings. The zero-order valence-corrected chi connectivity index (χ0v) is 17.1. The fraction of sp³-hybridized carbons (Fsp3) is 0.524. The Kier molecular flexibility index (Phi) is 6.01. The number of halogens is 1. The van der Waals surface area contributed by atoms with Crippen molar-refractivity contribution < 1.29 is 9.18 Å². The fourth-order valence-corrected chi connectivity index (χ4v) is 5.07. The van der Waals surface area contributed by atoms with Crippen molar-refractivity contribution in [1.82, 2.24) is 20.0 Å². The molecule has 1 amide bonds. The summed E-state index contributed by atoms with van der Waals surface area (Å²) in [5, 5.41) is 8.14. The van der Waals surface area contributed by atoms with Crippen LogP contribution in [-0.4, -0.2) is 57.8 Å². The van der Waals surface area contributed by atoms with Crippen molar-refractivity contribution in [1.29, 1.82) is 0 Å². The number of rotatable bonds is 5. The Labute approximate surface area is 169 Å². The first-order valence-corrected chi connectivity index (χ1v) is 11.2. The molecule has 28 heavy (non-hydrogen) atoms. The SMILES string of the molecule is Cn1nc(C(=O)N2CCSCC2)c2c1CCC(NCCc1ccccc1F)C2. The van der Waals surface area contributed by atoms with Gasteiger partial charge in [0.2, 0.25) is 0 Å². The van der Waals surface area contributed by atoms with Crippen LogP contribution in [0.25, 0.3) is 0 Å². The molecule has 7 heteroatoms. The van der Waals surface area contributed by atoms with Crippen LogP contribution in [0.2, 0.25) is 0 Å². The van der Waals surface area contributed by atoms with Gasteiger partial charge in [-0.3, -0.25) is 9.48 Å². The van der Waals surface area contributed by atoms with Gasteiger partial charge in [0.1, 0.15) is 5.82 Å². The molecule has 0 spiro atoms. The van der Waals surface area contributed by atoms with Crippen molar-refractivity contribution in [3.05, 3.63) is 52.6 Å². The first kappa shape index (κ1) is 19.5. The lowest BCUT2D eigenvalue weighted by Crippen LogP contribution is -2.40. The fourth-order valence-electron chi connectivity index (χ4n) is 4.16. The number of thioether (sulfide) groups is 1. The molecule has 1 saturated heterocycles. The molecule has 150 valence electrons. The molecule has 0 bridgehead atoms. The molecular weight excluding hydrogens is 375 g/mol. The van der Waals surface area contributed by atoms with Gasteiger partial charge in [-0.2, -0.15) is 16.9 Å². The Morgan fingerprint density at radius 1 is 1.32 bits per heavy atom. The Balaban J connectivity index is 1.41. The second kappa shape index (κ2) is 8.66. The summed E-state index contributed by atoms with van der Waals surface area (Å²) in [4.78, 5) is 14.9. The van der Waals surface area contributed by atoms with E-state index in [-0.39, 0.29) is 11.7 Å². The summed E-state index contributed by atoms with van der Waals surface area (Å²) in [6.07, 6.45) is 3.40. The van der Waals surface area contributed by atoms with E-state index in [9.17, 15) is 9.18 Å². The average molecular weight is 403 g/mol. The van der Waals surface area contributed by atoms with Crippen LogP contribution in [0, 0.1) is 5.82 Å². The van der Waals surface area contributed by atoms with Crippen LogP contribution < -0.4 is 5.32 Å². The van der Waals surface area contributed by atoms with Gasteiger partial charge in [-0.05, 0) is 43.9 Å². The average Bonchev–Trinajstić information content (AvgIpc) is 3.05. The summed E-state index contributed by atoms with van der Waals surface area (Å²) in [6.45, 7) is 2.34. The van der Waals surface area contributed by atoms with Crippen LogP contribution >= 0.6 is 11.8 Å². The van der Waals surface area contributed by atoms with E-state index in [0.29, 0.717) is 18.2 Å². The minimum Gasteiger partial charge on any atom is -0.336 e. The van der Waals surface area contributed by atoms with Gasteiger partial charge in [-0.15, -0.1) is 0 Å². The summed E-state index contributed by atoms with van der Waals surface area (Å²) < 4.78 is 15.7. The van der Waals surface area contributed by atoms with Crippen molar-refractivity contribution >= 4 is 17.7 Å². The second-order valence-electron chi connectivity index (χ2n) is 7.54. The van der Waals surface area contributed by atoms with E-state index in [2.05, 4.69) is 10.4 Å². The highest BCUT2D eigenvalue weighted by molar-refractivity contribution is 7.99. The van der Waals surface area contributed by atoms with Gasteiger partial charge in [-0.25, -0.2) is 4.39 Å². The highest BCUT2D eigenvalue weighted by Crippen LogP contribution is 2.26. The van der Waals surface area contributed by atoms with E-state index in [4.69, 9.17) is 0 Å². The third-order valence-electron chi connectivity index (χ3n) is 5.74. The summed E-state index contributed by atoms with van der Waals surface area (Å²) >= 11 is 1.90. The van der Waals surface area contributed by atoms with Crippen LogP contribution in [0.3, 0.4) is 0 Å². The van der Waals surface area contributed by atoms with E-state index < -0.39 is 0 Å². The van der Waals surface area contributed by atoms with Crippen molar-refractivity contribution in [2.24, 2.45) is 7.05 Å². The Bertz CT molecular complexity index is 847. The number of carbonyl (C=O) groups is 1. The Morgan fingerprint density at radius 3 is 2.89 bits per heavy atom. The molecule has 1 N–H and O–H groups in total. The third-order valence-corrected chi connectivity index (χ3v) is 6.68. The number of fused-ring (bicyclic) bond motifs is 1. The van der Waals surface area contributed by atoms with Crippen LogP contribution in [0.4, 0.5) is 4.39 Å². The van der Waals surface area contributed by atoms with Gasteiger partial charge in [0.25, 0.3) is 5.91 Å². The zero-order chi connectivity index (χ0) is 19.5. The van der Waals surface area contributed by atoms with E-state index in [0.717, 1.165) is 61.5 Å². The number of hydrogen-bond acceptors (Lipinski definition) is 4. The number of aromatic nitrogens is 2. The lowest BCUT2D eigenvalue weighted by Gasteiger charge is -2.27. The van der Waals surface area contributed by atoms with Crippen LogP contribution in [0.5, 0.6) is 0 Å². The van der Waals surface area contributed by atoms with E-state index in [1.54, 1.807) is 6.07 Å². The van der Waals surface area contributed by atoms with Crippen molar-refractivity contribution in [3.8, 4) is 0 Å². The third kappa shape index (κ3) is 4.10. The highest BCUT2D eigenvalue weighted by atomic mass is 32.2. The van der Waals surface area contributed by atoms with Crippen molar-refractivity contribution in [2.45, 2.75) is 31.7 Å². The predicted octanol–water partition coefficient (Wildman–Crippen LogP) is 2.44. The molecule has 5 nitrogen and oxygen atoms in total. The number of amides is 1. The highest BCUT2D eigenvalue weighted by Gasteiger charge is 2.30. The minimum absolute atomic E-state index is 0.0733. The molecule has 0 saturated carbocycles. The maximum absolute atomic E-state index is 13.8. The first-order chi connectivity index (χ1) is 13.6. The Morgan fingerprint density at radius 2 is 2.11 bits per heavy atom. The van der Waals surface area contributed by atoms with Gasteiger partial charge in [0.15, 0.2) is 5.69 Å². The van der Waals surface area contributed by atoms with Crippen LogP contribution in [0.1, 0.15) is 33.7 Å². The quantitative estimate of drug-likeness (QED) is 0.835. The van der Waals surface area contributed by atoms with Crippen molar-refractivity contribution in [2.75, 3.05) is 31.1 Å². The molecule has 1 aromatic heterocycles. The smallest absolute Gasteiger partial charge is 0.274 e. The molecule has 1 unspecified atom stereocenters. The van der Waals surface area contributed by atoms with E-state index in [1.807, 2.05) is 40.5 Å². The van der Waals surface area contributed by atoms with Gasteiger partial charge < -0.3 is 10.2 Å². The molecular formula is C21H27FN4OS. The largest absolute Gasteiger partial charge is 0.336 e. The number of nitrogens with one attached hydrogen (secondary N) is 1. The lowest BCUT2D eigenvalue weighted by atomic mass is 9.91. The molecule has 2 aromatic rings. The summed E-state index contributed by atoms with van der Waals surface area (Å²) in [5.41, 5.74) is 3.65. The first-order valence-electron chi connectivity index (χ1n) is 10.0. The Hall–Kier alpha value is -1.86. The number of carbonyl (C=O) groups excluding carboxylic acids is 1. The summed E-state index contributed by atoms with van der Waals surface area (Å²) in [6, 6.07) is 7.24. The van der Waals surface area contributed by atoms with E-state index >= 15 is 0 Å². The van der Waals surface area contributed by atoms with Crippen molar-refractivity contribution in [3.63, 3.8) is 0 Å². The molecule has 0 radical (unpaired) electrons. The number of aryl methyl sites for hydroxylation is 1. The predicted molar refractivity (Wildman–Crippen MR) is 110 cm³/mol. The maximum Gasteiger partial charge on any atom is 0.274 e. The lowest BCUT2D eigenvalue weighted by molar-refractivity contribution is 0.0764. The molecule has 2 heterocycles. The monoisotopic (exact) mass is 402 g/mol. The molecule has 1 fully saturated rings. The molecule has 4 rings (SSSR count). The minimum atomic E-state index is -0.143. The normalized spacial score (nSPS) is 19.5. The second-order valence-corrected chi connectivity index (χ2v) is 8.76. The van der Waals surface area contributed by atoms with Gasteiger partial charge in [-0.1, -0.05) is 18.2 Å². The van der Waals surface area contributed by atoms with Crippen LogP contribution in [0.15, 0.2) is 24.3 Å². The van der Waals surface area contributed by atoms with E-state index in [1.165, 1.54) is 11.8 Å². The maximum atomic E-state index is 13.8. The van der Waals surface area contributed by atoms with Gasteiger partial charge >= 0.3 is 0 Å². The van der Waals surface area contributed by atoms with Gasteiger partial charge in [0.05, 0.1) is 0 Å². The summed E-state index contributed by atoms with van der Waals surface area (Å²) in [5.74, 6) is 1.93. The standard InChI is InChI=1S/C21H27FN4OS/c1-25-19-7-6-16(23-9-8-15-4-2-3-5-18(15)22)14-17(19)20(24-25)21(27)26-10-12-28-13-11-26/h2-5,16,23H,6-14H2,1H3. The number of benzene rings is 1. The zero-order valence-electron chi connectivity index (χ0n) is 16.3. The molecule has 1 aromatic carbocycles. The van der Waals surface area contributed by atoms with Crippen LogP contribution in [-0.2, 0) is 26.3 Å². The molecule has 1 atom stereocenters. The number of hydrogen-bond donors (Lipinski definition) is 1. The molecule has 1 aliphatic carbocycles. The molecule has 1 aliphatic heterocycles. The number of nitrogens with zero attached hydrogens (tertiary/aromatic N) is 3. The topological polar surface area (TPSA) is 50.2 Å². The van der Waals surface area contributed by atoms with Gasteiger partial charge in [0, 0.05) is 48.9 Å². The summed E-state index contributed by atoms with van der Waals surface area (Å²) in [7, 11) is 1.94.